The van der Waals surface area contributed by atoms with E-state index in [0.29, 0.717) is 29.3 Å². The summed E-state index contributed by atoms with van der Waals surface area (Å²) in [4.78, 5) is 25.4. The fourth-order valence-corrected chi connectivity index (χ4v) is 3.38. The molecule has 0 unspecified atom stereocenters. The van der Waals surface area contributed by atoms with Crippen molar-refractivity contribution in [1.82, 2.24) is 0 Å². The van der Waals surface area contributed by atoms with Crippen molar-refractivity contribution in [3.8, 4) is 5.75 Å². The predicted molar refractivity (Wildman–Crippen MR) is 101 cm³/mol. The third-order valence-electron chi connectivity index (χ3n) is 3.77. The number of nitrogens with one attached hydrogen (secondary N) is 2. The number of anilines is 2. The molecule has 0 fully saturated rings. The molecule has 0 aliphatic carbocycles. The summed E-state index contributed by atoms with van der Waals surface area (Å²) in [6, 6.07) is 12.7. The lowest BCUT2D eigenvalue weighted by molar-refractivity contribution is -0.115. The van der Waals surface area contributed by atoms with Gasteiger partial charge in [-0.2, -0.15) is 0 Å². The third kappa shape index (κ3) is 3.96. The van der Waals surface area contributed by atoms with Crippen molar-refractivity contribution in [3.63, 3.8) is 0 Å². The molecule has 2 amide bonds. The second-order valence-electron chi connectivity index (χ2n) is 5.76. The van der Waals surface area contributed by atoms with Gasteiger partial charge < -0.3 is 15.4 Å². The molecular weight excluding hydrogens is 336 g/mol. The van der Waals surface area contributed by atoms with Gasteiger partial charge in [0.05, 0.1) is 23.2 Å². The average molecular weight is 356 g/mol. The number of carbonyl (C=O) groups is 2. The maximum atomic E-state index is 12.6. The number of rotatable bonds is 5. The molecule has 0 saturated heterocycles. The van der Waals surface area contributed by atoms with Crippen LogP contribution in [0.2, 0.25) is 0 Å². The molecule has 0 spiro atoms. The Bertz CT molecular complexity index is 807. The van der Waals surface area contributed by atoms with Crippen LogP contribution in [0.25, 0.3) is 0 Å². The average Bonchev–Trinajstić information content (AvgIpc) is 2.61. The summed E-state index contributed by atoms with van der Waals surface area (Å²) in [7, 11) is 0. The summed E-state index contributed by atoms with van der Waals surface area (Å²) in [5.41, 5.74) is 1.79. The van der Waals surface area contributed by atoms with E-state index in [0.717, 1.165) is 11.3 Å². The molecule has 3 rings (SSSR count). The van der Waals surface area contributed by atoms with E-state index in [1.807, 2.05) is 38.1 Å². The van der Waals surface area contributed by atoms with E-state index in [4.69, 9.17) is 4.74 Å². The molecule has 25 heavy (non-hydrogen) atoms. The Morgan fingerprint density at radius 2 is 2.08 bits per heavy atom. The van der Waals surface area contributed by atoms with Crippen molar-refractivity contribution < 1.29 is 14.3 Å². The molecule has 0 aromatic heterocycles. The SMILES string of the molecule is CCCOc1ccccc1NC(=O)c1ccc2c(c1)NC(=O)[C@@H](C)S2. The highest BCUT2D eigenvalue weighted by atomic mass is 32.2. The summed E-state index contributed by atoms with van der Waals surface area (Å²) < 4.78 is 5.66. The minimum Gasteiger partial charge on any atom is -0.491 e. The van der Waals surface area contributed by atoms with Crippen LogP contribution in [0.15, 0.2) is 47.4 Å². The molecule has 1 heterocycles. The highest BCUT2D eigenvalue weighted by molar-refractivity contribution is 8.00. The van der Waals surface area contributed by atoms with Gasteiger partial charge in [-0.3, -0.25) is 9.59 Å². The van der Waals surface area contributed by atoms with Crippen molar-refractivity contribution in [1.29, 1.82) is 0 Å². The van der Waals surface area contributed by atoms with Gasteiger partial charge in [-0.1, -0.05) is 19.1 Å². The molecule has 1 aliphatic rings. The molecule has 130 valence electrons. The van der Waals surface area contributed by atoms with Crippen molar-refractivity contribution >= 4 is 35.0 Å². The number of fused-ring (bicyclic) bond motifs is 1. The Labute approximate surface area is 151 Å². The number of ether oxygens (including phenoxy) is 1. The first kappa shape index (κ1) is 17.4. The van der Waals surface area contributed by atoms with Crippen molar-refractivity contribution in [3.05, 3.63) is 48.0 Å². The van der Waals surface area contributed by atoms with E-state index in [2.05, 4.69) is 10.6 Å². The van der Waals surface area contributed by atoms with Gasteiger partial charge in [-0.15, -0.1) is 11.8 Å². The van der Waals surface area contributed by atoms with Gasteiger partial charge in [-0.25, -0.2) is 0 Å². The summed E-state index contributed by atoms with van der Waals surface area (Å²) in [5.74, 6) is 0.356. The Hall–Kier alpha value is -2.47. The van der Waals surface area contributed by atoms with Crippen LogP contribution in [-0.2, 0) is 4.79 Å². The lowest BCUT2D eigenvalue weighted by Crippen LogP contribution is -2.26. The smallest absolute Gasteiger partial charge is 0.255 e. The molecule has 2 aromatic carbocycles. The second-order valence-corrected chi connectivity index (χ2v) is 7.14. The first-order valence-electron chi connectivity index (χ1n) is 8.23. The lowest BCUT2D eigenvalue weighted by atomic mass is 10.1. The quantitative estimate of drug-likeness (QED) is 0.844. The standard InChI is InChI=1S/C19H20N2O3S/c1-3-10-24-16-7-5-4-6-14(16)20-19(23)13-8-9-17-15(11-13)21-18(22)12(2)25-17/h4-9,11-12H,3,10H2,1-2H3,(H,20,23)(H,21,22)/t12-/m1/s1. The van der Waals surface area contributed by atoms with Gasteiger partial charge in [0.15, 0.2) is 0 Å². The van der Waals surface area contributed by atoms with Gasteiger partial charge in [-0.05, 0) is 43.7 Å². The van der Waals surface area contributed by atoms with Crippen LogP contribution in [-0.4, -0.2) is 23.7 Å². The van der Waals surface area contributed by atoms with E-state index in [9.17, 15) is 9.59 Å². The van der Waals surface area contributed by atoms with E-state index in [1.165, 1.54) is 11.8 Å². The number of para-hydroxylation sites is 2. The molecule has 2 N–H and O–H groups in total. The minimum absolute atomic E-state index is 0.0478. The third-order valence-corrected chi connectivity index (χ3v) is 4.95. The van der Waals surface area contributed by atoms with Crippen LogP contribution < -0.4 is 15.4 Å². The normalized spacial score (nSPS) is 15.9. The van der Waals surface area contributed by atoms with E-state index >= 15 is 0 Å². The largest absolute Gasteiger partial charge is 0.491 e. The van der Waals surface area contributed by atoms with Crippen LogP contribution in [0.1, 0.15) is 30.6 Å². The van der Waals surface area contributed by atoms with Crippen LogP contribution in [0.5, 0.6) is 5.75 Å². The molecular formula is C19H20N2O3S. The monoisotopic (exact) mass is 356 g/mol. The van der Waals surface area contributed by atoms with Crippen molar-refractivity contribution in [2.75, 3.05) is 17.2 Å². The second kappa shape index (κ2) is 7.61. The molecule has 0 saturated carbocycles. The zero-order valence-corrected chi connectivity index (χ0v) is 15.0. The molecule has 0 bridgehead atoms. The highest BCUT2D eigenvalue weighted by Gasteiger charge is 2.23. The molecule has 0 radical (unpaired) electrons. The molecule has 1 aliphatic heterocycles. The van der Waals surface area contributed by atoms with E-state index < -0.39 is 0 Å². The number of thioether (sulfide) groups is 1. The Morgan fingerprint density at radius 1 is 1.28 bits per heavy atom. The lowest BCUT2D eigenvalue weighted by Gasteiger charge is -2.21. The predicted octanol–water partition coefficient (Wildman–Crippen LogP) is 4.16. The van der Waals surface area contributed by atoms with Gasteiger partial charge in [0.1, 0.15) is 5.75 Å². The fraction of sp³-hybridized carbons (Fsp3) is 0.263. The van der Waals surface area contributed by atoms with Crippen molar-refractivity contribution in [2.24, 2.45) is 0 Å². The number of amides is 2. The summed E-state index contributed by atoms with van der Waals surface area (Å²) >= 11 is 1.49. The maximum Gasteiger partial charge on any atom is 0.255 e. The maximum absolute atomic E-state index is 12.6. The van der Waals surface area contributed by atoms with E-state index in [-0.39, 0.29) is 17.1 Å². The van der Waals surface area contributed by atoms with Crippen molar-refractivity contribution in [2.45, 2.75) is 30.4 Å². The first-order chi connectivity index (χ1) is 12.1. The van der Waals surface area contributed by atoms with Gasteiger partial charge >= 0.3 is 0 Å². The molecule has 1 atom stereocenters. The zero-order chi connectivity index (χ0) is 17.8. The van der Waals surface area contributed by atoms with Gasteiger partial charge in [0.2, 0.25) is 5.91 Å². The van der Waals surface area contributed by atoms with Crippen LogP contribution in [0.3, 0.4) is 0 Å². The van der Waals surface area contributed by atoms with Gasteiger partial charge in [0, 0.05) is 10.5 Å². The van der Waals surface area contributed by atoms with Gasteiger partial charge in [0.25, 0.3) is 5.91 Å². The van der Waals surface area contributed by atoms with Crippen LogP contribution >= 0.6 is 11.8 Å². The number of hydrogen-bond acceptors (Lipinski definition) is 4. The number of carbonyl (C=O) groups excluding carboxylic acids is 2. The van der Waals surface area contributed by atoms with Crippen LogP contribution in [0.4, 0.5) is 11.4 Å². The fourth-order valence-electron chi connectivity index (χ4n) is 2.45. The highest BCUT2D eigenvalue weighted by Crippen LogP contribution is 2.36. The number of benzene rings is 2. The minimum atomic E-state index is -0.242. The Morgan fingerprint density at radius 3 is 2.88 bits per heavy atom. The summed E-state index contributed by atoms with van der Waals surface area (Å²) in [6.07, 6.45) is 0.892. The number of hydrogen-bond donors (Lipinski definition) is 2. The molecule has 2 aromatic rings. The summed E-state index contributed by atoms with van der Waals surface area (Å²) in [5, 5.41) is 5.59. The first-order valence-corrected chi connectivity index (χ1v) is 9.11. The van der Waals surface area contributed by atoms with E-state index in [1.54, 1.807) is 18.2 Å². The zero-order valence-electron chi connectivity index (χ0n) is 14.2. The topological polar surface area (TPSA) is 67.4 Å². The van der Waals surface area contributed by atoms with Crippen LogP contribution in [0, 0.1) is 0 Å². The Kier molecular flexibility index (Phi) is 5.28. The molecule has 5 nitrogen and oxygen atoms in total. The molecule has 6 heteroatoms. The summed E-state index contributed by atoms with van der Waals surface area (Å²) in [6.45, 7) is 4.48. The Balaban J connectivity index is 1.79.